The number of carbonyl (C=O) groups is 2. The molecule has 0 saturated heterocycles. The highest BCUT2D eigenvalue weighted by molar-refractivity contribution is 5.95. The minimum absolute atomic E-state index is 0.210. The van der Waals surface area contributed by atoms with Gasteiger partial charge in [0.15, 0.2) is 0 Å². The molecule has 2 amide bonds. The van der Waals surface area contributed by atoms with Gasteiger partial charge in [0.2, 0.25) is 5.91 Å². The number of hydrogen-bond acceptors (Lipinski definition) is 3. The van der Waals surface area contributed by atoms with Crippen molar-refractivity contribution in [3.8, 4) is 0 Å². The molecule has 0 aromatic heterocycles. The second kappa shape index (κ2) is 6.95. The lowest BCUT2D eigenvalue weighted by molar-refractivity contribution is -0.126. The van der Waals surface area contributed by atoms with Crippen LogP contribution in [0.15, 0.2) is 12.1 Å². The fraction of sp³-hybridized carbons (Fsp3) is 0.385. The lowest BCUT2D eigenvalue weighted by atomic mass is 10.2. The Kier molecular flexibility index (Phi) is 5.57. The molecular weight excluding hydrogens is 270 g/mol. The van der Waals surface area contributed by atoms with Gasteiger partial charge in [0.05, 0.1) is 11.4 Å². The number of ether oxygens (including phenoxy) is 1. The Morgan fingerprint density at radius 1 is 1.20 bits per heavy atom. The SMILES string of the molecule is CCOC(C)C(=O)Nc1cc(NC(C)=O)c(F)cc1F. The summed E-state index contributed by atoms with van der Waals surface area (Å²) in [5, 5.41) is 4.48. The van der Waals surface area contributed by atoms with Gasteiger partial charge in [0.25, 0.3) is 5.91 Å². The lowest BCUT2D eigenvalue weighted by Crippen LogP contribution is -2.28. The van der Waals surface area contributed by atoms with E-state index in [1.165, 1.54) is 13.8 Å². The zero-order valence-electron chi connectivity index (χ0n) is 11.4. The van der Waals surface area contributed by atoms with Crippen molar-refractivity contribution in [1.82, 2.24) is 0 Å². The van der Waals surface area contributed by atoms with Crippen LogP contribution in [0, 0.1) is 11.6 Å². The summed E-state index contributed by atoms with van der Waals surface area (Å²) in [7, 11) is 0. The van der Waals surface area contributed by atoms with Gasteiger partial charge in [-0.05, 0) is 19.9 Å². The molecule has 0 aliphatic heterocycles. The Labute approximate surface area is 115 Å². The van der Waals surface area contributed by atoms with Gasteiger partial charge in [-0.1, -0.05) is 0 Å². The molecule has 1 unspecified atom stereocenters. The number of rotatable bonds is 5. The fourth-order valence-electron chi connectivity index (χ4n) is 1.49. The third-order valence-electron chi connectivity index (χ3n) is 2.41. The predicted octanol–water partition coefficient (Wildman–Crippen LogP) is 2.29. The maximum atomic E-state index is 13.6. The summed E-state index contributed by atoms with van der Waals surface area (Å²) < 4.78 is 32.0. The van der Waals surface area contributed by atoms with E-state index in [1.54, 1.807) is 6.92 Å². The fourth-order valence-corrected chi connectivity index (χ4v) is 1.49. The topological polar surface area (TPSA) is 67.4 Å². The summed E-state index contributed by atoms with van der Waals surface area (Å²) in [5.41, 5.74) is -0.440. The van der Waals surface area contributed by atoms with Crippen LogP contribution in [0.4, 0.5) is 20.2 Å². The average Bonchev–Trinajstić information content (AvgIpc) is 2.34. The van der Waals surface area contributed by atoms with Crippen molar-refractivity contribution < 1.29 is 23.1 Å². The predicted molar refractivity (Wildman–Crippen MR) is 70.4 cm³/mol. The minimum Gasteiger partial charge on any atom is -0.369 e. The van der Waals surface area contributed by atoms with Crippen molar-refractivity contribution in [1.29, 1.82) is 0 Å². The molecule has 1 aromatic rings. The van der Waals surface area contributed by atoms with Crippen LogP contribution >= 0.6 is 0 Å². The molecule has 0 aliphatic carbocycles. The molecule has 5 nitrogen and oxygen atoms in total. The van der Waals surface area contributed by atoms with E-state index < -0.39 is 29.6 Å². The molecule has 0 heterocycles. The summed E-state index contributed by atoms with van der Waals surface area (Å²) in [6, 6.07) is 1.61. The molecule has 0 spiro atoms. The molecule has 1 aromatic carbocycles. The number of carbonyl (C=O) groups excluding carboxylic acids is 2. The molecule has 1 atom stereocenters. The molecule has 20 heavy (non-hydrogen) atoms. The van der Waals surface area contributed by atoms with Crippen molar-refractivity contribution in [3.63, 3.8) is 0 Å². The molecule has 2 N–H and O–H groups in total. The van der Waals surface area contributed by atoms with Crippen LogP contribution < -0.4 is 10.6 Å². The highest BCUT2D eigenvalue weighted by atomic mass is 19.1. The van der Waals surface area contributed by atoms with Crippen molar-refractivity contribution in [2.75, 3.05) is 17.2 Å². The van der Waals surface area contributed by atoms with E-state index in [0.29, 0.717) is 12.7 Å². The smallest absolute Gasteiger partial charge is 0.253 e. The summed E-state index contributed by atoms with van der Waals surface area (Å²) >= 11 is 0. The number of nitrogens with one attached hydrogen (secondary N) is 2. The van der Waals surface area contributed by atoms with E-state index in [0.717, 1.165) is 6.07 Å². The van der Waals surface area contributed by atoms with Gasteiger partial charge in [-0.25, -0.2) is 8.78 Å². The van der Waals surface area contributed by atoms with E-state index in [4.69, 9.17) is 4.74 Å². The first-order valence-corrected chi connectivity index (χ1v) is 6.04. The first kappa shape index (κ1) is 16.0. The van der Waals surface area contributed by atoms with Gasteiger partial charge in [-0.3, -0.25) is 9.59 Å². The second-order valence-electron chi connectivity index (χ2n) is 4.08. The third-order valence-corrected chi connectivity index (χ3v) is 2.41. The molecule has 0 radical (unpaired) electrons. The first-order chi connectivity index (χ1) is 9.35. The van der Waals surface area contributed by atoms with Gasteiger partial charge in [-0.15, -0.1) is 0 Å². The molecule has 0 saturated carbocycles. The molecule has 0 bridgehead atoms. The van der Waals surface area contributed by atoms with Crippen LogP contribution in [-0.4, -0.2) is 24.5 Å². The highest BCUT2D eigenvalue weighted by Crippen LogP contribution is 2.23. The molecule has 0 fully saturated rings. The monoisotopic (exact) mass is 286 g/mol. The zero-order valence-corrected chi connectivity index (χ0v) is 11.4. The van der Waals surface area contributed by atoms with Gasteiger partial charge < -0.3 is 15.4 Å². The number of benzene rings is 1. The standard InChI is InChI=1S/C13H16F2N2O3/c1-4-20-7(2)13(19)17-12-6-11(16-8(3)18)9(14)5-10(12)15/h5-7H,4H2,1-3H3,(H,16,18)(H,17,19). The van der Waals surface area contributed by atoms with Gasteiger partial charge in [0, 0.05) is 19.6 Å². The molecular formula is C13H16F2N2O3. The van der Waals surface area contributed by atoms with Crippen molar-refractivity contribution >= 4 is 23.2 Å². The van der Waals surface area contributed by atoms with E-state index in [9.17, 15) is 18.4 Å². The second-order valence-corrected chi connectivity index (χ2v) is 4.08. The number of hydrogen-bond donors (Lipinski definition) is 2. The quantitative estimate of drug-likeness (QED) is 0.872. The lowest BCUT2D eigenvalue weighted by Gasteiger charge is -2.14. The van der Waals surface area contributed by atoms with Crippen LogP contribution in [0.25, 0.3) is 0 Å². The Balaban J connectivity index is 2.94. The van der Waals surface area contributed by atoms with Crippen LogP contribution in [0.3, 0.4) is 0 Å². The number of anilines is 2. The Morgan fingerprint density at radius 2 is 1.75 bits per heavy atom. The van der Waals surface area contributed by atoms with E-state index in [-0.39, 0.29) is 11.4 Å². The Morgan fingerprint density at radius 3 is 2.25 bits per heavy atom. The largest absolute Gasteiger partial charge is 0.369 e. The van der Waals surface area contributed by atoms with Gasteiger partial charge in [0.1, 0.15) is 17.7 Å². The van der Waals surface area contributed by atoms with Gasteiger partial charge >= 0.3 is 0 Å². The average molecular weight is 286 g/mol. The summed E-state index contributed by atoms with van der Waals surface area (Å²) in [4.78, 5) is 22.6. The summed E-state index contributed by atoms with van der Waals surface area (Å²) in [5.74, 6) is -2.93. The van der Waals surface area contributed by atoms with Crippen molar-refractivity contribution in [2.45, 2.75) is 26.9 Å². The van der Waals surface area contributed by atoms with Gasteiger partial charge in [-0.2, -0.15) is 0 Å². The maximum Gasteiger partial charge on any atom is 0.253 e. The van der Waals surface area contributed by atoms with Crippen LogP contribution in [0.1, 0.15) is 20.8 Å². The van der Waals surface area contributed by atoms with Crippen LogP contribution in [0.2, 0.25) is 0 Å². The number of halogens is 2. The summed E-state index contributed by atoms with van der Waals surface area (Å²) in [6.45, 7) is 4.75. The van der Waals surface area contributed by atoms with E-state index in [1.807, 2.05) is 0 Å². The Hall–Kier alpha value is -2.02. The molecule has 7 heteroatoms. The highest BCUT2D eigenvalue weighted by Gasteiger charge is 2.17. The van der Waals surface area contributed by atoms with E-state index in [2.05, 4.69) is 10.6 Å². The van der Waals surface area contributed by atoms with Crippen LogP contribution in [-0.2, 0) is 14.3 Å². The van der Waals surface area contributed by atoms with Crippen LogP contribution in [0.5, 0.6) is 0 Å². The number of amides is 2. The maximum absolute atomic E-state index is 13.6. The zero-order chi connectivity index (χ0) is 15.3. The molecule has 1 rings (SSSR count). The van der Waals surface area contributed by atoms with E-state index >= 15 is 0 Å². The van der Waals surface area contributed by atoms with Crippen molar-refractivity contribution in [3.05, 3.63) is 23.8 Å². The molecule has 0 aliphatic rings. The third kappa shape index (κ3) is 4.27. The Bertz CT molecular complexity index is 521. The normalized spacial score (nSPS) is 11.8. The molecule has 110 valence electrons. The van der Waals surface area contributed by atoms with Crippen molar-refractivity contribution in [2.24, 2.45) is 0 Å². The first-order valence-electron chi connectivity index (χ1n) is 6.04. The minimum atomic E-state index is -0.936. The summed E-state index contributed by atoms with van der Waals surface area (Å²) in [6.07, 6.45) is -0.770.